The number of aryl methyl sites for hydroxylation is 1. The number of hydrogen-bond donors (Lipinski definition) is 1. The maximum atomic E-state index is 13.4. The van der Waals surface area contributed by atoms with Gasteiger partial charge in [-0.05, 0) is 62.9 Å². The minimum absolute atomic E-state index is 0.0836. The lowest BCUT2D eigenvalue weighted by Gasteiger charge is -2.30. The summed E-state index contributed by atoms with van der Waals surface area (Å²) in [4.78, 5) is 28.0. The molecule has 1 N–H and O–H groups in total. The van der Waals surface area contributed by atoms with E-state index in [4.69, 9.17) is 23.2 Å². The van der Waals surface area contributed by atoms with Crippen molar-refractivity contribution in [3.63, 3.8) is 0 Å². The van der Waals surface area contributed by atoms with E-state index in [0.29, 0.717) is 22.2 Å². The minimum atomic E-state index is -3.53. The molecule has 1 atom stereocenters. The van der Waals surface area contributed by atoms with E-state index in [1.54, 1.807) is 37.3 Å². The summed E-state index contributed by atoms with van der Waals surface area (Å²) in [6.07, 6.45) is 5.60. The van der Waals surface area contributed by atoms with Crippen LogP contribution >= 0.6 is 23.2 Å². The maximum Gasteiger partial charge on any atom is 0.242 e. The van der Waals surface area contributed by atoms with Gasteiger partial charge in [-0.1, -0.05) is 59.8 Å². The van der Waals surface area contributed by atoms with Crippen LogP contribution in [0.3, 0.4) is 0 Å². The van der Waals surface area contributed by atoms with Crippen LogP contribution in [-0.2, 0) is 26.2 Å². The van der Waals surface area contributed by atoms with Crippen molar-refractivity contribution >= 4 is 50.7 Å². The Morgan fingerprint density at radius 3 is 2.30 bits per heavy atom. The molecule has 1 fully saturated rings. The Hall–Kier alpha value is -2.29. The van der Waals surface area contributed by atoms with E-state index in [-0.39, 0.29) is 37.4 Å². The quantitative estimate of drug-likeness (QED) is 0.398. The van der Waals surface area contributed by atoms with Gasteiger partial charge in [0.05, 0.1) is 22.0 Å². The lowest BCUT2D eigenvalue weighted by molar-refractivity contribution is -0.141. The molecule has 0 aliphatic heterocycles. The monoisotopic (exact) mass is 567 g/mol. The first kappa shape index (κ1) is 29.3. The Morgan fingerprint density at radius 2 is 1.70 bits per heavy atom. The molecule has 0 saturated heterocycles. The molecule has 0 bridgehead atoms. The van der Waals surface area contributed by atoms with Gasteiger partial charge in [-0.15, -0.1) is 0 Å². The Bertz CT molecular complexity index is 1200. The highest BCUT2D eigenvalue weighted by molar-refractivity contribution is 7.92. The van der Waals surface area contributed by atoms with Crippen LogP contribution in [0.15, 0.2) is 42.5 Å². The van der Waals surface area contributed by atoms with Crippen molar-refractivity contribution in [2.45, 2.75) is 71.0 Å². The van der Waals surface area contributed by atoms with Crippen molar-refractivity contribution in [3.8, 4) is 0 Å². The van der Waals surface area contributed by atoms with E-state index in [1.807, 2.05) is 19.1 Å². The molecule has 2 amide bonds. The second-order valence-corrected chi connectivity index (χ2v) is 12.4. The summed E-state index contributed by atoms with van der Waals surface area (Å²) in [6, 6.07) is 11.8. The molecule has 2 aromatic carbocycles. The Kier molecular flexibility index (Phi) is 10.3. The molecular weight excluding hydrogens is 533 g/mol. The molecule has 10 heteroatoms. The zero-order valence-electron chi connectivity index (χ0n) is 21.5. The number of rotatable bonds is 11. The lowest BCUT2D eigenvalue weighted by Crippen LogP contribution is -2.49. The molecule has 202 valence electrons. The third-order valence-electron chi connectivity index (χ3n) is 6.68. The number of benzene rings is 2. The van der Waals surface area contributed by atoms with Crippen LogP contribution in [0.5, 0.6) is 0 Å². The predicted octanol–water partition coefficient (Wildman–Crippen LogP) is 5.32. The molecule has 0 heterocycles. The summed E-state index contributed by atoms with van der Waals surface area (Å²) >= 11 is 12.2. The minimum Gasteiger partial charge on any atom is -0.352 e. The van der Waals surface area contributed by atoms with Gasteiger partial charge in [0, 0.05) is 25.6 Å². The molecule has 0 radical (unpaired) electrons. The topological polar surface area (TPSA) is 86.8 Å². The van der Waals surface area contributed by atoms with E-state index < -0.39 is 16.1 Å². The molecule has 7 nitrogen and oxygen atoms in total. The van der Waals surface area contributed by atoms with E-state index in [9.17, 15) is 18.0 Å². The van der Waals surface area contributed by atoms with E-state index in [2.05, 4.69) is 5.32 Å². The molecule has 3 rings (SSSR count). The zero-order valence-corrected chi connectivity index (χ0v) is 23.9. The number of nitrogens with one attached hydrogen (secondary N) is 1. The van der Waals surface area contributed by atoms with Crippen LogP contribution in [0.25, 0.3) is 0 Å². The normalized spacial score (nSPS) is 14.8. The van der Waals surface area contributed by atoms with Gasteiger partial charge in [-0.2, -0.15) is 0 Å². The van der Waals surface area contributed by atoms with Gasteiger partial charge in [0.2, 0.25) is 21.8 Å². The molecule has 0 spiro atoms. The van der Waals surface area contributed by atoms with Crippen molar-refractivity contribution in [1.29, 1.82) is 0 Å². The molecule has 0 aromatic heterocycles. The second kappa shape index (κ2) is 13.0. The SMILES string of the molecule is Cc1ccc(N(CCCC(=O)N(Cc2ccc(Cl)c(Cl)c2)[C@@H](C)C(=O)NC2CCCC2)S(C)(=O)=O)cc1. The first-order chi connectivity index (χ1) is 17.5. The summed E-state index contributed by atoms with van der Waals surface area (Å²) in [5.74, 6) is -0.435. The number of amides is 2. The van der Waals surface area contributed by atoms with E-state index >= 15 is 0 Å². The number of nitrogens with zero attached hydrogens (tertiary/aromatic N) is 2. The highest BCUT2D eigenvalue weighted by Gasteiger charge is 2.29. The molecular formula is C27H35Cl2N3O4S. The first-order valence-corrected chi connectivity index (χ1v) is 15.1. The number of halogens is 2. The van der Waals surface area contributed by atoms with Crippen molar-refractivity contribution in [2.24, 2.45) is 0 Å². The van der Waals surface area contributed by atoms with Crippen molar-refractivity contribution in [2.75, 3.05) is 17.1 Å². The number of anilines is 1. The standard InChI is InChI=1S/C27H35Cl2N3O4S/c1-19-10-13-23(14-11-19)32(37(3,35)36)16-6-9-26(33)31(18-21-12-15-24(28)25(29)17-21)20(2)27(34)30-22-7-4-5-8-22/h10-15,17,20,22H,4-9,16,18H2,1-3H3,(H,30,34)/t20-/m0/s1. The van der Waals surface area contributed by atoms with Crippen LogP contribution in [0.2, 0.25) is 10.0 Å². The van der Waals surface area contributed by atoms with Gasteiger partial charge >= 0.3 is 0 Å². The van der Waals surface area contributed by atoms with Crippen molar-refractivity contribution in [1.82, 2.24) is 10.2 Å². The third kappa shape index (κ3) is 8.35. The van der Waals surface area contributed by atoms with E-state index in [1.165, 1.54) is 9.21 Å². The van der Waals surface area contributed by atoms with Gasteiger partial charge in [0.25, 0.3) is 0 Å². The number of hydrogen-bond acceptors (Lipinski definition) is 4. The fraction of sp³-hybridized carbons (Fsp3) is 0.481. The first-order valence-electron chi connectivity index (χ1n) is 12.5. The molecule has 1 aliphatic rings. The Labute approximate surface area is 230 Å². The Morgan fingerprint density at radius 1 is 1.05 bits per heavy atom. The van der Waals surface area contributed by atoms with Crippen LogP contribution in [0, 0.1) is 6.92 Å². The summed E-state index contributed by atoms with van der Waals surface area (Å²) in [5.41, 5.74) is 2.33. The Balaban J connectivity index is 1.73. The molecule has 1 aliphatic carbocycles. The van der Waals surface area contributed by atoms with Crippen LogP contribution in [-0.4, -0.2) is 50.0 Å². The fourth-order valence-electron chi connectivity index (χ4n) is 4.52. The molecule has 0 unspecified atom stereocenters. The average Bonchev–Trinajstić information content (AvgIpc) is 3.35. The predicted molar refractivity (Wildman–Crippen MR) is 149 cm³/mol. The fourth-order valence-corrected chi connectivity index (χ4v) is 5.81. The van der Waals surface area contributed by atoms with Crippen LogP contribution < -0.4 is 9.62 Å². The third-order valence-corrected chi connectivity index (χ3v) is 8.61. The molecule has 1 saturated carbocycles. The summed E-state index contributed by atoms with van der Waals surface area (Å²) in [5, 5.41) is 3.85. The van der Waals surface area contributed by atoms with Crippen LogP contribution in [0.1, 0.15) is 56.6 Å². The van der Waals surface area contributed by atoms with Crippen LogP contribution in [0.4, 0.5) is 5.69 Å². The highest BCUT2D eigenvalue weighted by Crippen LogP contribution is 2.25. The van der Waals surface area contributed by atoms with Gasteiger partial charge in [-0.3, -0.25) is 13.9 Å². The number of carbonyl (C=O) groups excluding carboxylic acids is 2. The molecule has 37 heavy (non-hydrogen) atoms. The average molecular weight is 569 g/mol. The van der Waals surface area contributed by atoms with Gasteiger partial charge in [0.15, 0.2) is 0 Å². The van der Waals surface area contributed by atoms with Gasteiger partial charge < -0.3 is 10.2 Å². The van der Waals surface area contributed by atoms with Crippen molar-refractivity contribution < 1.29 is 18.0 Å². The maximum absolute atomic E-state index is 13.4. The largest absolute Gasteiger partial charge is 0.352 e. The highest BCUT2D eigenvalue weighted by atomic mass is 35.5. The van der Waals surface area contributed by atoms with Gasteiger partial charge in [-0.25, -0.2) is 8.42 Å². The van der Waals surface area contributed by atoms with Crippen molar-refractivity contribution in [3.05, 3.63) is 63.6 Å². The summed E-state index contributed by atoms with van der Waals surface area (Å²) in [7, 11) is -3.53. The molecule has 2 aromatic rings. The summed E-state index contributed by atoms with van der Waals surface area (Å²) < 4.78 is 26.2. The number of sulfonamides is 1. The lowest BCUT2D eigenvalue weighted by atomic mass is 10.1. The number of carbonyl (C=O) groups is 2. The second-order valence-electron chi connectivity index (χ2n) is 9.71. The smallest absolute Gasteiger partial charge is 0.242 e. The van der Waals surface area contributed by atoms with E-state index in [0.717, 1.165) is 43.1 Å². The van der Waals surface area contributed by atoms with Gasteiger partial charge in [0.1, 0.15) is 6.04 Å². The zero-order chi connectivity index (χ0) is 27.2. The summed E-state index contributed by atoms with van der Waals surface area (Å²) in [6.45, 7) is 3.98.